The molecule has 2 aliphatic rings. The number of hydrogen-bond donors (Lipinski definition) is 4. The highest BCUT2D eigenvalue weighted by Crippen LogP contribution is 2.03. The van der Waals surface area contributed by atoms with Crippen LogP contribution in [0.2, 0.25) is 0 Å². The quantitative estimate of drug-likeness (QED) is 0.274. The highest BCUT2D eigenvalue weighted by atomic mass is 29.2. The van der Waals surface area contributed by atoms with Crippen molar-refractivity contribution in [3.8, 4) is 0 Å². The second kappa shape index (κ2) is 1.62. The van der Waals surface area contributed by atoms with Gasteiger partial charge in [0.05, 0.1) is 14.3 Å². The van der Waals surface area contributed by atoms with Crippen LogP contribution >= 0.6 is 0 Å². The van der Waals surface area contributed by atoms with Crippen LogP contribution in [-0.4, -0.2) is 30.1 Å². The highest BCUT2D eigenvalue weighted by molar-refractivity contribution is 7.06. The first-order valence-electron chi connectivity index (χ1n) is 2.46. The Morgan fingerprint density at radius 2 is 2.38 bits per heavy atom. The lowest BCUT2D eigenvalue weighted by Crippen LogP contribution is -2.74. The van der Waals surface area contributed by atoms with Crippen LogP contribution in [0.5, 0.6) is 0 Å². The zero-order valence-corrected chi connectivity index (χ0v) is 6.21. The summed E-state index contributed by atoms with van der Waals surface area (Å²) in [6, 6.07) is 0. The van der Waals surface area contributed by atoms with Crippen molar-refractivity contribution in [1.82, 2.24) is 21.4 Å². The minimum atomic E-state index is 0.235. The normalized spacial score (nSPS) is 45.0. The largest absolute Gasteiger partial charge is 0.326 e. The average molecular weight is 142 g/mol. The summed E-state index contributed by atoms with van der Waals surface area (Å²) in [7, 11) is 1.99. The molecule has 4 N–H and O–H groups in total. The molecule has 0 amide bonds. The van der Waals surface area contributed by atoms with Gasteiger partial charge in [-0.2, -0.15) is 5.53 Å². The van der Waals surface area contributed by atoms with Gasteiger partial charge in [-0.15, -0.1) is 0 Å². The second-order valence-corrected chi connectivity index (χ2v) is 4.99. The minimum absolute atomic E-state index is 0.235. The molecule has 6 heteroatoms. The van der Waals surface area contributed by atoms with Gasteiger partial charge in [-0.3, -0.25) is 0 Å². The van der Waals surface area contributed by atoms with Gasteiger partial charge >= 0.3 is 0 Å². The summed E-state index contributed by atoms with van der Waals surface area (Å²) in [6.07, 6.45) is 0. The first-order valence-corrected chi connectivity index (χ1v) is 5.46. The van der Waals surface area contributed by atoms with E-state index in [9.17, 15) is 0 Å². The zero-order chi connectivity index (χ0) is 5.45. The van der Waals surface area contributed by atoms with Crippen LogP contribution < -0.4 is 21.4 Å². The minimum Gasteiger partial charge on any atom is -0.326 e. The number of hydrazine groups is 2. The lowest BCUT2D eigenvalue weighted by Gasteiger charge is -2.36. The summed E-state index contributed by atoms with van der Waals surface area (Å²) in [5, 5.41) is 0.235. The van der Waals surface area contributed by atoms with E-state index in [1.165, 1.54) is 0 Å². The molecule has 1 spiro atoms. The van der Waals surface area contributed by atoms with Crippen LogP contribution in [0.3, 0.4) is 0 Å². The Morgan fingerprint density at radius 1 is 1.50 bits per heavy atom. The standard InChI is InChI=1S/C2H6N4Si2/c1-2(4-6-3-1)5-8-7-2/h3-6H,1H2. The Bertz CT molecular complexity index is 94.2. The van der Waals surface area contributed by atoms with E-state index < -0.39 is 0 Å². The van der Waals surface area contributed by atoms with Gasteiger partial charge in [0.25, 0.3) is 0 Å². The Balaban J connectivity index is 2.01. The van der Waals surface area contributed by atoms with Gasteiger partial charge in [0, 0.05) is 6.54 Å². The summed E-state index contributed by atoms with van der Waals surface area (Å²) >= 11 is 0. The Morgan fingerprint density at radius 3 is 2.62 bits per heavy atom. The molecule has 4 radical (unpaired) electrons. The Kier molecular flexibility index (Phi) is 1.03. The van der Waals surface area contributed by atoms with Crippen LogP contribution in [0, 0.1) is 0 Å². The van der Waals surface area contributed by atoms with E-state index in [-0.39, 0.29) is 5.29 Å². The molecule has 0 aliphatic carbocycles. The van der Waals surface area contributed by atoms with Crippen molar-refractivity contribution in [2.45, 2.75) is 5.29 Å². The smallest absolute Gasteiger partial charge is 0.123 e. The van der Waals surface area contributed by atoms with E-state index in [0.29, 0.717) is 0 Å². The lowest BCUT2D eigenvalue weighted by atomic mass is 10.5. The van der Waals surface area contributed by atoms with E-state index in [2.05, 4.69) is 21.4 Å². The van der Waals surface area contributed by atoms with Crippen molar-refractivity contribution in [3.63, 3.8) is 0 Å². The molecule has 2 fully saturated rings. The second-order valence-electron chi connectivity index (χ2n) is 1.88. The molecule has 4 nitrogen and oxygen atoms in total. The fraction of sp³-hybridized carbons (Fsp3) is 1.00. The van der Waals surface area contributed by atoms with E-state index >= 15 is 0 Å². The number of rotatable bonds is 0. The van der Waals surface area contributed by atoms with Gasteiger partial charge in [-0.25, -0.2) is 10.9 Å². The van der Waals surface area contributed by atoms with Gasteiger partial charge in [-0.05, 0) is 0 Å². The maximum absolute atomic E-state index is 3.32. The monoisotopic (exact) mass is 142 g/mol. The molecule has 42 valence electrons. The first-order chi connectivity index (χ1) is 3.91. The molecule has 2 heterocycles. The van der Waals surface area contributed by atoms with Crippen LogP contribution in [0.15, 0.2) is 0 Å². The molecular formula is C2H6N4Si2. The van der Waals surface area contributed by atoms with E-state index in [0.717, 1.165) is 24.8 Å². The third-order valence-corrected chi connectivity index (χ3v) is 5.08. The molecule has 0 bridgehead atoms. The van der Waals surface area contributed by atoms with Crippen LogP contribution in [0.1, 0.15) is 0 Å². The predicted molar refractivity (Wildman–Crippen MR) is 31.6 cm³/mol. The van der Waals surface area contributed by atoms with E-state index in [1.54, 1.807) is 0 Å². The van der Waals surface area contributed by atoms with Crippen LogP contribution in [0.4, 0.5) is 0 Å². The fourth-order valence-electron chi connectivity index (χ4n) is 0.736. The van der Waals surface area contributed by atoms with Crippen LogP contribution in [-0.2, 0) is 0 Å². The van der Waals surface area contributed by atoms with Gasteiger partial charge < -0.3 is 4.98 Å². The first kappa shape index (κ1) is 5.09. The predicted octanol–water partition coefficient (Wildman–Crippen LogP) is -2.91. The summed E-state index contributed by atoms with van der Waals surface area (Å²) < 4.78 is 0. The zero-order valence-electron chi connectivity index (χ0n) is 4.21. The van der Waals surface area contributed by atoms with Crippen LogP contribution in [0.25, 0.3) is 0 Å². The molecule has 8 heavy (non-hydrogen) atoms. The molecule has 0 aromatic carbocycles. The molecule has 1 atom stereocenters. The van der Waals surface area contributed by atoms with Gasteiger partial charge in [0.2, 0.25) is 0 Å². The molecule has 0 aromatic heterocycles. The van der Waals surface area contributed by atoms with Crippen molar-refractivity contribution in [2.75, 3.05) is 6.54 Å². The van der Waals surface area contributed by atoms with Crippen molar-refractivity contribution < 1.29 is 0 Å². The molecule has 1 unspecified atom stereocenters. The molecule has 0 aromatic rings. The van der Waals surface area contributed by atoms with E-state index in [1.807, 2.05) is 0 Å². The third-order valence-electron chi connectivity index (χ3n) is 1.27. The van der Waals surface area contributed by atoms with Crippen molar-refractivity contribution in [3.05, 3.63) is 0 Å². The molecule has 2 aliphatic heterocycles. The molecular weight excluding hydrogens is 136 g/mol. The number of hydrogen-bond acceptors (Lipinski definition) is 4. The van der Waals surface area contributed by atoms with Crippen molar-refractivity contribution >= 4 is 18.2 Å². The highest BCUT2D eigenvalue weighted by Gasteiger charge is 2.40. The lowest BCUT2D eigenvalue weighted by molar-refractivity contribution is 0.470. The van der Waals surface area contributed by atoms with Crippen molar-refractivity contribution in [2.24, 2.45) is 0 Å². The molecule has 2 rings (SSSR count). The molecule has 0 saturated carbocycles. The van der Waals surface area contributed by atoms with E-state index in [4.69, 9.17) is 0 Å². The van der Waals surface area contributed by atoms with Gasteiger partial charge in [0.15, 0.2) is 0 Å². The Labute approximate surface area is 52.2 Å². The summed E-state index contributed by atoms with van der Waals surface area (Å²) in [5.74, 6) is 0. The van der Waals surface area contributed by atoms with Crippen molar-refractivity contribution in [1.29, 1.82) is 0 Å². The third kappa shape index (κ3) is 0.585. The summed E-state index contributed by atoms with van der Waals surface area (Å²) in [6.45, 7) is 0.998. The summed E-state index contributed by atoms with van der Waals surface area (Å²) in [5.41, 5.74) is 8.98. The Hall–Kier alpha value is 0.274. The topological polar surface area (TPSA) is 48.1 Å². The average Bonchev–Trinajstić information content (AvgIpc) is 2.07. The maximum Gasteiger partial charge on any atom is 0.123 e. The number of nitrogens with one attached hydrogen (secondary N) is 4. The fourth-order valence-corrected chi connectivity index (χ4v) is 3.35. The SMILES string of the molecule is C1NNNC12N[Si][Si]2. The van der Waals surface area contributed by atoms with Gasteiger partial charge in [0.1, 0.15) is 9.20 Å². The summed E-state index contributed by atoms with van der Waals surface area (Å²) in [4.78, 5) is 3.32. The van der Waals surface area contributed by atoms with Gasteiger partial charge in [-0.1, -0.05) is 0 Å². The maximum atomic E-state index is 3.32. The molecule has 2 saturated heterocycles.